The zero-order valence-electron chi connectivity index (χ0n) is 12.3. The van der Waals surface area contributed by atoms with E-state index in [1.165, 1.54) is 18.2 Å². The van der Waals surface area contributed by atoms with Gasteiger partial charge in [0.15, 0.2) is 9.84 Å². The van der Waals surface area contributed by atoms with Crippen LogP contribution in [-0.4, -0.2) is 50.9 Å². The summed E-state index contributed by atoms with van der Waals surface area (Å²) in [5.41, 5.74) is 5.95. The van der Waals surface area contributed by atoms with Crippen LogP contribution < -0.4 is 5.73 Å². The van der Waals surface area contributed by atoms with Crippen molar-refractivity contribution in [2.24, 2.45) is 0 Å². The number of benzene rings is 1. The van der Waals surface area contributed by atoms with E-state index in [1.54, 1.807) is 0 Å². The topological polar surface area (TPSA) is 72.6 Å². The number of anilines is 1. The van der Waals surface area contributed by atoms with Crippen LogP contribution in [0.15, 0.2) is 23.1 Å². The third-order valence-electron chi connectivity index (χ3n) is 3.61. The van der Waals surface area contributed by atoms with Crippen molar-refractivity contribution >= 4 is 27.1 Å². The summed E-state index contributed by atoms with van der Waals surface area (Å²) in [4.78, 5) is 2.34. The lowest BCUT2D eigenvalue weighted by Crippen LogP contribution is -2.48. The highest BCUT2D eigenvalue weighted by atomic mass is 35.5. The number of rotatable bonds is 4. The van der Waals surface area contributed by atoms with Crippen LogP contribution in [0.1, 0.15) is 13.8 Å². The van der Waals surface area contributed by atoms with Crippen molar-refractivity contribution in [3.8, 4) is 0 Å². The van der Waals surface area contributed by atoms with Crippen molar-refractivity contribution < 1.29 is 13.2 Å². The molecule has 5 nitrogen and oxygen atoms in total. The van der Waals surface area contributed by atoms with Gasteiger partial charge in [-0.2, -0.15) is 0 Å². The highest BCUT2D eigenvalue weighted by Gasteiger charge is 2.28. The molecule has 0 amide bonds. The fraction of sp³-hybridized carbons (Fsp3) is 0.571. The number of ether oxygens (including phenoxy) is 1. The molecular formula is C14H21ClN2O3S. The number of hydrogen-bond acceptors (Lipinski definition) is 5. The van der Waals surface area contributed by atoms with E-state index in [4.69, 9.17) is 22.1 Å². The van der Waals surface area contributed by atoms with Crippen molar-refractivity contribution in [2.45, 2.75) is 30.9 Å². The third-order valence-corrected chi connectivity index (χ3v) is 5.70. The van der Waals surface area contributed by atoms with E-state index in [2.05, 4.69) is 18.7 Å². The minimum Gasteiger partial charge on any atom is -0.398 e. The number of hydrogen-bond donors (Lipinski definition) is 1. The number of nitrogens with two attached hydrogens (primary N) is 1. The Labute approximate surface area is 130 Å². The first-order valence-electron chi connectivity index (χ1n) is 6.93. The maximum atomic E-state index is 12.5. The van der Waals surface area contributed by atoms with Crippen LogP contribution in [0, 0.1) is 0 Å². The smallest absolute Gasteiger partial charge is 0.183 e. The first-order valence-corrected chi connectivity index (χ1v) is 8.96. The molecular weight excluding hydrogens is 312 g/mol. The molecule has 0 saturated carbocycles. The monoisotopic (exact) mass is 332 g/mol. The average molecular weight is 333 g/mol. The largest absolute Gasteiger partial charge is 0.398 e. The van der Waals surface area contributed by atoms with Crippen LogP contribution in [0.2, 0.25) is 5.02 Å². The molecule has 118 valence electrons. The molecule has 1 saturated heterocycles. The van der Waals surface area contributed by atoms with Gasteiger partial charge in [-0.3, -0.25) is 4.90 Å². The molecule has 1 aliphatic heterocycles. The summed E-state index contributed by atoms with van der Waals surface area (Å²) in [6.45, 7) is 6.18. The first-order chi connectivity index (χ1) is 9.79. The maximum Gasteiger partial charge on any atom is 0.183 e. The van der Waals surface area contributed by atoms with Crippen molar-refractivity contribution in [3.63, 3.8) is 0 Å². The van der Waals surface area contributed by atoms with Crippen molar-refractivity contribution in [1.29, 1.82) is 0 Å². The number of halogens is 1. The Morgan fingerprint density at radius 2 is 2.19 bits per heavy atom. The van der Waals surface area contributed by atoms with Gasteiger partial charge in [-0.1, -0.05) is 11.6 Å². The number of morpholine rings is 1. The van der Waals surface area contributed by atoms with Gasteiger partial charge in [-0.15, -0.1) is 0 Å². The summed E-state index contributed by atoms with van der Waals surface area (Å²) >= 11 is 5.81. The lowest BCUT2D eigenvalue weighted by molar-refractivity contribution is -0.0272. The summed E-state index contributed by atoms with van der Waals surface area (Å²) in [5.74, 6) is -0.0674. The molecule has 7 heteroatoms. The molecule has 0 bridgehead atoms. The normalized spacial score (nSPS) is 20.9. The van der Waals surface area contributed by atoms with E-state index in [-0.39, 0.29) is 22.4 Å². The van der Waals surface area contributed by atoms with Crippen molar-refractivity contribution in [2.75, 3.05) is 31.2 Å². The summed E-state index contributed by atoms with van der Waals surface area (Å²) < 4.78 is 30.6. The molecule has 1 aromatic carbocycles. The zero-order chi connectivity index (χ0) is 15.6. The van der Waals surface area contributed by atoms with Crippen LogP contribution in [0.4, 0.5) is 5.69 Å². The predicted molar refractivity (Wildman–Crippen MR) is 84.4 cm³/mol. The van der Waals surface area contributed by atoms with Gasteiger partial charge in [-0.05, 0) is 32.0 Å². The van der Waals surface area contributed by atoms with E-state index in [9.17, 15) is 8.42 Å². The molecule has 1 unspecified atom stereocenters. The third kappa shape index (κ3) is 4.10. The van der Waals surface area contributed by atoms with Gasteiger partial charge in [0.05, 0.1) is 29.0 Å². The fourth-order valence-electron chi connectivity index (χ4n) is 2.45. The molecule has 0 aliphatic carbocycles. The van der Waals surface area contributed by atoms with Crippen LogP contribution in [0.5, 0.6) is 0 Å². The number of nitrogens with zero attached hydrogens (tertiary/aromatic N) is 1. The summed E-state index contributed by atoms with van der Waals surface area (Å²) in [6.07, 6.45) is -0.332. The highest BCUT2D eigenvalue weighted by Crippen LogP contribution is 2.25. The second kappa shape index (κ2) is 6.52. The molecule has 1 heterocycles. The minimum absolute atomic E-state index is 0.0674. The molecule has 21 heavy (non-hydrogen) atoms. The van der Waals surface area contributed by atoms with Crippen molar-refractivity contribution in [1.82, 2.24) is 4.90 Å². The van der Waals surface area contributed by atoms with Crippen LogP contribution in [0.3, 0.4) is 0 Å². The average Bonchev–Trinajstić information content (AvgIpc) is 2.37. The van der Waals surface area contributed by atoms with Gasteiger partial charge >= 0.3 is 0 Å². The lowest BCUT2D eigenvalue weighted by Gasteiger charge is -2.35. The summed E-state index contributed by atoms with van der Waals surface area (Å²) in [5, 5.41) is 0.423. The Bertz CT molecular complexity index is 604. The van der Waals surface area contributed by atoms with Gasteiger partial charge in [0, 0.05) is 24.2 Å². The van der Waals surface area contributed by atoms with Gasteiger partial charge in [0.2, 0.25) is 0 Å². The van der Waals surface area contributed by atoms with Gasteiger partial charge in [0.25, 0.3) is 0 Å². The number of sulfone groups is 1. The maximum absolute atomic E-state index is 12.5. The van der Waals surface area contributed by atoms with E-state index >= 15 is 0 Å². The Balaban J connectivity index is 2.14. The highest BCUT2D eigenvalue weighted by molar-refractivity contribution is 7.91. The molecule has 2 rings (SSSR count). The second-order valence-electron chi connectivity index (χ2n) is 5.55. The Morgan fingerprint density at radius 3 is 2.81 bits per heavy atom. The molecule has 1 fully saturated rings. The van der Waals surface area contributed by atoms with E-state index in [0.717, 1.165) is 6.54 Å². The van der Waals surface area contributed by atoms with Crippen LogP contribution in [-0.2, 0) is 14.6 Å². The molecule has 0 radical (unpaired) electrons. The zero-order valence-corrected chi connectivity index (χ0v) is 13.8. The Kier molecular flexibility index (Phi) is 5.14. The van der Waals surface area contributed by atoms with Gasteiger partial charge in [-0.25, -0.2) is 8.42 Å². The van der Waals surface area contributed by atoms with Crippen LogP contribution in [0.25, 0.3) is 0 Å². The molecule has 0 spiro atoms. The van der Waals surface area contributed by atoms with E-state index in [0.29, 0.717) is 24.2 Å². The minimum atomic E-state index is -3.49. The SMILES string of the molecule is CC(C)N1CCOC(CS(=O)(=O)c2ccc(Cl)cc2N)C1. The molecule has 1 atom stereocenters. The Hall–Kier alpha value is -0.820. The predicted octanol–water partition coefficient (Wildman–Crippen LogP) is 1.81. The fourth-order valence-corrected chi connectivity index (χ4v) is 4.19. The number of nitrogen functional groups attached to an aromatic ring is 1. The quantitative estimate of drug-likeness (QED) is 0.851. The molecule has 2 N–H and O–H groups in total. The van der Waals surface area contributed by atoms with Gasteiger partial charge < -0.3 is 10.5 Å². The summed E-state index contributed by atoms with van der Waals surface area (Å²) in [7, 11) is -3.49. The van der Waals surface area contributed by atoms with Gasteiger partial charge in [0.1, 0.15) is 0 Å². The molecule has 1 aromatic rings. The standard InChI is InChI=1S/C14H21ClN2O3S/c1-10(2)17-5-6-20-12(8-17)9-21(18,19)14-4-3-11(15)7-13(14)16/h3-4,7,10,12H,5-6,8-9,16H2,1-2H3. The van der Waals surface area contributed by atoms with E-state index < -0.39 is 9.84 Å². The summed E-state index contributed by atoms with van der Waals surface area (Å²) in [6, 6.07) is 4.82. The van der Waals surface area contributed by atoms with Crippen LogP contribution >= 0.6 is 11.6 Å². The molecule has 0 aromatic heterocycles. The molecule has 1 aliphatic rings. The first kappa shape index (κ1) is 16.5. The van der Waals surface area contributed by atoms with E-state index in [1.807, 2.05) is 0 Å². The second-order valence-corrected chi connectivity index (χ2v) is 7.98. The Morgan fingerprint density at radius 1 is 1.48 bits per heavy atom. The lowest BCUT2D eigenvalue weighted by atomic mass is 10.2. The van der Waals surface area contributed by atoms with Crippen molar-refractivity contribution in [3.05, 3.63) is 23.2 Å².